The lowest BCUT2D eigenvalue weighted by atomic mass is 10.1. The summed E-state index contributed by atoms with van der Waals surface area (Å²) < 4.78 is 4.59. The summed E-state index contributed by atoms with van der Waals surface area (Å²) in [6.07, 6.45) is 8.41. The molecule has 0 atom stereocenters. The maximum atomic E-state index is 11.4. The molecule has 3 nitrogen and oxygen atoms in total. The van der Waals surface area contributed by atoms with Crippen molar-refractivity contribution in [3.63, 3.8) is 0 Å². The topological polar surface area (TPSA) is 43.4 Å². The van der Waals surface area contributed by atoms with Gasteiger partial charge in [-0.1, -0.05) is 32.1 Å². The van der Waals surface area contributed by atoms with E-state index >= 15 is 0 Å². The lowest BCUT2D eigenvalue weighted by Gasteiger charge is -2.00. The molecule has 1 rings (SSSR count). The third-order valence-corrected chi connectivity index (χ3v) is 1.55. The average Bonchev–Trinajstić information content (AvgIpc) is 2.57. The van der Waals surface area contributed by atoms with Crippen molar-refractivity contribution in [2.45, 2.75) is 20.8 Å². The molecule has 0 radical (unpaired) electrons. The zero-order valence-corrected chi connectivity index (χ0v) is 9.82. The Balaban J connectivity index is 0.00000106. The van der Waals surface area contributed by atoms with E-state index in [0.717, 1.165) is 0 Å². The number of hydrogen-bond acceptors (Lipinski definition) is 3. The molecule has 0 aromatic carbocycles. The van der Waals surface area contributed by atoms with Gasteiger partial charge in [0, 0.05) is 12.5 Å². The molecular formula is C13H16O3. The van der Waals surface area contributed by atoms with Crippen LogP contribution < -0.4 is 0 Å². The van der Waals surface area contributed by atoms with Gasteiger partial charge in [-0.25, -0.2) is 0 Å². The van der Waals surface area contributed by atoms with E-state index in [1.54, 1.807) is 30.4 Å². The van der Waals surface area contributed by atoms with E-state index in [0.29, 0.717) is 5.57 Å². The molecule has 16 heavy (non-hydrogen) atoms. The minimum absolute atomic E-state index is 0.215. The van der Waals surface area contributed by atoms with E-state index < -0.39 is 5.97 Å². The van der Waals surface area contributed by atoms with Crippen LogP contribution in [-0.2, 0) is 14.3 Å². The van der Waals surface area contributed by atoms with Crippen LogP contribution in [0.1, 0.15) is 20.8 Å². The molecule has 0 amide bonds. The largest absolute Gasteiger partial charge is 0.457 e. The molecule has 0 heterocycles. The Morgan fingerprint density at radius 3 is 2.62 bits per heavy atom. The Kier molecular flexibility index (Phi) is 7.47. The van der Waals surface area contributed by atoms with Crippen LogP contribution in [0.15, 0.2) is 41.7 Å². The lowest BCUT2D eigenvalue weighted by Crippen LogP contribution is -2.12. The predicted octanol–water partition coefficient (Wildman–Crippen LogP) is 2.35. The number of ketones is 1. The summed E-state index contributed by atoms with van der Waals surface area (Å²) >= 11 is 0. The SMILES string of the molecule is CC.CC(=O)OCC(=O)C1=CC=CC=C=C1. The fourth-order valence-electron chi connectivity index (χ4n) is 0.880. The molecule has 0 N–H and O–H groups in total. The summed E-state index contributed by atoms with van der Waals surface area (Å²) in [5, 5.41) is 0. The maximum Gasteiger partial charge on any atom is 0.303 e. The Bertz CT molecular complexity index is 367. The van der Waals surface area contributed by atoms with Gasteiger partial charge in [-0.15, -0.1) is 5.73 Å². The number of Topliss-reactive ketones (excluding diaryl/α,β-unsaturated/α-hetero) is 1. The number of ether oxygens (including phenoxy) is 1. The van der Waals surface area contributed by atoms with Gasteiger partial charge in [0.05, 0.1) is 0 Å². The summed E-state index contributed by atoms with van der Waals surface area (Å²) in [6, 6.07) is 0. The standard InChI is InChI=1S/C11H10O3.C2H6/c1-9(12)14-8-11(13)10-6-4-2-3-5-7-10;1-2/h2-4,6-7H,8H2,1H3;1-2H3. The van der Waals surface area contributed by atoms with Crippen molar-refractivity contribution in [2.24, 2.45) is 0 Å². The zero-order valence-electron chi connectivity index (χ0n) is 9.82. The third-order valence-electron chi connectivity index (χ3n) is 1.55. The van der Waals surface area contributed by atoms with E-state index in [1.807, 2.05) is 13.8 Å². The summed E-state index contributed by atoms with van der Waals surface area (Å²) in [5.41, 5.74) is 3.28. The first kappa shape index (κ1) is 14.1. The van der Waals surface area contributed by atoms with Gasteiger partial charge in [0.15, 0.2) is 6.61 Å². The van der Waals surface area contributed by atoms with Crippen LogP contribution in [0, 0.1) is 0 Å². The van der Waals surface area contributed by atoms with Crippen molar-refractivity contribution in [1.82, 2.24) is 0 Å². The van der Waals surface area contributed by atoms with Gasteiger partial charge in [-0.05, 0) is 12.2 Å². The monoisotopic (exact) mass is 220 g/mol. The number of carbonyl (C=O) groups is 2. The number of rotatable bonds is 3. The highest BCUT2D eigenvalue weighted by Crippen LogP contribution is 2.02. The summed E-state index contributed by atoms with van der Waals surface area (Å²) in [5.74, 6) is -0.685. The molecule has 0 aliphatic heterocycles. The fraction of sp³-hybridized carbons (Fsp3) is 0.308. The maximum absolute atomic E-state index is 11.4. The third kappa shape index (κ3) is 5.78. The van der Waals surface area contributed by atoms with Crippen molar-refractivity contribution in [2.75, 3.05) is 6.61 Å². The molecule has 0 aromatic heterocycles. The van der Waals surface area contributed by atoms with Crippen LogP contribution in [0.25, 0.3) is 0 Å². The van der Waals surface area contributed by atoms with Gasteiger partial charge < -0.3 is 4.74 Å². The first-order chi connectivity index (χ1) is 7.70. The Morgan fingerprint density at radius 1 is 1.31 bits per heavy atom. The molecule has 0 bridgehead atoms. The first-order valence-corrected chi connectivity index (χ1v) is 5.16. The summed E-state index contributed by atoms with van der Waals surface area (Å²) in [4.78, 5) is 21.8. The number of allylic oxidation sites excluding steroid dienone is 4. The van der Waals surface area contributed by atoms with Crippen LogP contribution in [0.4, 0.5) is 0 Å². The van der Waals surface area contributed by atoms with Gasteiger partial charge in [-0.3, -0.25) is 9.59 Å². The molecule has 3 heteroatoms. The predicted molar refractivity (Wildman–Crippen MR) is 62.9 cm³/mol. The lowest BCUT2D eigenvalue weighted by molar-refractivity contribution is -0.144. The minimum Gasteiger partial charge on any atom is -0.457 e. The molecule has 0 spiro atoms. The second kappa shape index (κ2) is 8.45. The smallest absolute Gasteiger partial charge is 0.303 e. The van der Waals surface area contributed by atoms with E-state index in [1.165, 1.54) is 6.92 Å². The molecule has 86 valence electrons. The molecule has 0 fully saturated rings. The Labute approximate surface area is 95.8 Å². The minimum atomic E-state index is -0.456. The molecule has 0 saturated carbocycles. The second-order valence-electron chi connectivity index (χ2n) is 2.69. The van der Waals surface area contributed by atoms with Gasteiger partial charge in [0.2, 0.25) is 5.78 Å². The molecule has 1 aliphatic carbocycles. The van der Waals surface area contributed by atoms with Gasteiger partial charge >= 0.3 is 5.97 Å². The van der Waals surface area contributed by atoms with Crippen molar-refractivity contribution < 1.29 is 14.3 Å². The van der Waals surface area contributed by atoms with Crippen molar-refractivity contribution in [3.8, 4) is 0 Å². The van der Waals surface area contributed by atoms with Crippen molar-refractivity contribution in [3.05, 3.63) is 41.7 Å². The van der Waals surface area contributed by atoms with Gasteiger partial charge in [-0.2, -0.15) is 0 Å². The highest BCUT2D eigenvalue weighted by Gasteiger charge is 2.07. The van der Waals surface area contributed by atoms with Crippen LogP contribution in [0.2, 0.25) is 0 Å². The quantitative estimate of drug-likeness (QED) is 0.541. The number of hydrogen-bond donors (Lipinski definition) is 0. The highest BCUT2D eigenvalue weighted by molar-refractivity contribution is 5.99. The normalized spacial score (nSPS) is 12.1. The van der Waals surface area contributed by atoms with Crippen LogP contribution >= 0.6 is 0 Å². The van der Waals surface area contributed by atoms with Crippen LogP contribution in [0.3, 0.4) is 0 Å². The van der Waals surface area contributed by atoms with Gasteiger partial charge in [0.25, 0.3) is 0 Å². The number of carbonyl (C=O) groups excluding carboxylic acids is 2. The molecule has 0 unspecified atom stereocenters. The van der Waals surface area contributed by atoms with E-state index in [9.17, 15) is 9.59 Å². The van der Waals surface area contributed by atoms with E-state index in [2.05, 4.69) is 10.5 Å². The van der Waals surface area contributed by atoms with E-state index in [-0.39, 0.29) is 12.4 Å². The highest BCUT2D eigenvalue weighted by atomic mass is 16.5. The van der Waals surface area contributed by atoms with Crippen molar-refractivity contribution >= 4 is 11.8 Å². The average molecular weight is 220 g/mol. The fourth-order valence-corrected chi connectivity index (χ4v) is 0.880. The Hall–Kier alpha value is -1.86. The molecule has 0 saturated heterocycles. The van der Waals surface area contributed by atoms with E-state index in [4.69, 9.17) is 0 Å². The zero-order chi connectivity index (χ0) is 12.4. The van der Waals surface area contributed by atoms with Crippen LogP contribution in [0.5, 0.6) is 0 Å². The number of esters is 1. The Morgan fingerprint density at radius 2 is 2.00 bits per heavy atom. The van der Waals surface area contributed by atoms with Crippen LogP contribution in [-0.4, -0.2) is 18.4 Å². The van der Waals surface area contributed by atoms with Crippen molar-refractivity contribution in [1.29, 1.82) is 0 Å². The molecule has 1 aliphatic rings. The summed E-state index contributed by atoms with van der Waals surface area (Å²) in [6.45, 7) is 5.05. The first-order valence-electron chi connectivity index (χ1n) is 5.16. The summed E-state index contributed by atoms with van der Waals surface area (Å²) in [7, 11) is 0. The molecular weight excluding hydrogens is 204 g/mol. The second-order valence-corrected chi connectivity index (χ2v) is 2.69. The van der Waals surface area contributed by atoms with Gasteiger partial charge in [0.1, 0.15) is 0 Å². The molecule has 0 aromatic rings.